The van der Waals surface area contributed by atoms with Gasteiger partial charge < -0.3 is 32.7 Å². The number of nitrogens with two attached hydrogens (primary N) is 3. The fourth-order valence-corrected chi connectivity index (χ4v) is 2.62. The topological polar surface area (TPSA) is 177 Å². The molecule has 0 bridgehead atoms. The Hall–Kier alpha value is -2.08. The number of carboxylic acids is 1. The molecule has 0 saturated heterocycles. The molecule has 0 fully saturated rings. The number of carbonyl (C=O) groups is 2. The monoisotopic (exact) mass is 463 g/mol. The molecule has 138 valence electrons. The van der Waals surface area contributed by atoms with Crippen LogP contribution in [0.3, 0.4) is 0 Å². The Balaban J connectivity index is 2.61. The van der Waals surface area contributed by atoms with E-state index < -0.39 is 24.0 Å². The molecule has 0 aliphatic carbocycles. The SMILES string of the molecule is NC(N)=NCCC[C@H](N)C(=O)N[C@@H](Cc1ccc(O)c(I)c1)C(=O)O. The van der Waals surface area contributed by atoms with Crippen molar-refractivity contribution in [1.29, 1.82) is 0 Å². The minimum Gasteiger partial charge on any atom is -0.507 e. The molecule has 9 N–H and O–H groups in total. The quantitative estimate of drug-likeness (QED) is 0.124. The van der Waals surface area contributed by atoms with Crippen molar-refractivity contribution in [2.75, 3.05) is 6.54 Å². The highest BCUT2D eigenvalue weighted by molar-refractivity contribution is 14.1. The van der Waals surface area contributed by atoms with Crippen LogP contribution in [0.25, 0.3) is 0 Å². The molecule has 0 spiro atoms. The molecule has 1 aromatic rings. The minimum atomic E-state index is -1.16. The van der Waals surface area contributed by atoms with Crippen molar-refractivity contribution in [2.45, 2.75) is 31.3 Å². The number of carbonyl (C=O) groups excluding carboxylic acids is 1. The number of hydrogen-bond donors (Lipinski definition) is 6. The number of phenols is 1. The van der Waals surface area contributed by atoms with Gasteiger partial charge in [-0.3, -0.25) is 9.79 Å². The maximum Gasteiger partial charge on any atom is 0.326 e. The van der Waals surface area contributed by atoms with Crippen LogP contribution < -0.4 is 22.5 Å². The first-order valence-electron chi connectivity index (χ1n) is 7.52. The molecule has 25 heavy (non-hydrogen) atoms. The van der Waals surface area contributed by atoms with Crippen LogP contribution in [0, 0.1) is 3.57 Å². The number of guanidine groups is 1. The third kappa shape index (κ3) is 7.56. The maximum absolute atomic E-state index is 12.1. The van der Waals surface area contributed by atoms with Crippen LogP contribution in [0.2, 0.25) is 0 Å². The Morgan fingerprint density at radius 3 is 2.56 bits per heavy atom. The summed E-state index contributed by atoms with van der Waals surface area (Å²) in [5.74, 6) is -1.63. The van der Waals surface area contributed by atoms with E-state index in [9.17, 15) is 19.8 Å². The smallest absolute Gasteiger partial charge is 0.326 e. The van der Waals surface area contributed by atoms with E-state index in [1.165, 1.54) is 6.07 Å². The number of nitrogens with one attached hydrogen (secondary N) is 1. The Morgan fingerprint density at radius 2 is 2.00 bits per heavy atom. The fourth-order valence-electron chi connectivity index (χ4n) is 2.04. The average molecular weight is 463 g/mol. The van der Waals surface area contributed by atoms with Crippen LogP contribution in [-0.4, -0.2) is 46.7 Å². The molecule has 10 heteroatoms. The Labute approximate surface area is 158 Å². The molecule has 1 aromatic carbocycles. The van der Waals surface area contributed by atoms with Crippen molar-refractivity contribution < 1.29 is 19.8 Å². The zero-order valence-corrected chi connectivity index (χ0v) is 15.6. The second kappa shape index (κ2) is 10.0. The van der Waals surface area contributed by atoms with Gasteiger partial charge in [0.25, 0.3) is 0 Å². The summed E-state index contributed by atoms with van der Waals surface area (Å²) in [5, 5.41) is 21.3. The summed E-state index contributed by atoms with van der Waals surface area (Å²) in [6.45, 7) is 0.345. The third-order valence-electron chi connectivity index (χ3n) is 3.37. The predicted molar refractivity (Wildman–Crippen MR) is 102 cm³/mol. The van der Waals surface area contributed by atoms with Crippen molar-refractivity contribution in [3.63, 3.8) is 0 Å². The predicted octanol–water partition coefficient (Wildman–Crippen LogP) is -0.510. The molecule has 0 aromatic heterocycles. The van der Waals surface area contributed by atoms with Gasteiger partial charge in [-0.1, -0.05) is 6.07 Å². The number of benzene rings is 1. The molecule has 0 aliphatic rings. The van der Waals surface area contributed by atoms with E-state index in [1.807, 2.05) is 22.6 Å². The zero-order chi connectivity index (χ0) is 19.0. The molecule has 0 saturated carbocycles. The van der Waals surface area contributed by atoms with Crippen molar-refractivity contribution >= 4 is 40.4 Å². The first-order chi connectivity index (χ1) is 11.7. The number of aliphatic imine (C=N–C) groups is 1. The van der Waals surface area contributed by atoms with E-state index in [2.05, 4.69) is 10.3 Å². The van der Waals surface area contributed by atoms with Gasteiger partial charge in [-0.2, -0.15) is 0 Å². The van der Waals surface area contributed by atoms with Crippen LogP contribution >= 0.6 is 22.6 Å². The normalized spacial score (nSPS) is 12.9. The fraction of sp³-hybridized carbons (Fsp3) is 0.400. The maximum atomic E-state index is 12.1. The molecule has 0 unspecified atom stereocenters. The third-order valence-corrected chi connectivity index (χ3v) is 4.23. The first-order valence-corrected chi connectivity index (χ1v) is 8.60. The molecule has 0 aliphatic heterocycles. The summed E-state index contributed by atoms with van der Waals surface area (Å²) in [4.78, 5) is 27.3. The summed E-state index contributed by atoms with van der Waals surface area (Å²) < 4.78 is 0.599. The lowest BCUT2D eigenvalue weighted by molar-refractivity contribution is -0.142. The Bertz CT molecular complexity index is 649. The highest BCUT2D eigenvalue weighted by Gasteiger charge is 2.23. The van der Waals surface area contributed by atoms with Gasteiger partial charge in [0.1, 0.15) is 11.8 Å². The Morgan fingerprint density at radius 1 is 1.32 bits per heavy atom. The summed E-state index contributed by atoms with van der Waals surface area (Å²) in [6, 6.07) is 2.78. The molecule has 2 atom stereocenters. The van der Waals surface area contributed by atoms with E-state index >= 15 is 0 Å². The molecular weight excluding hydrogens is 441 g/mol. The van der Waals surface area contributed by atoms with Crippen LogP contribution in [0.15, 0.2) is 23.2 Å². The lowest BCUT2D eigenvalue weighted by Crippen LogP contribution is -2.49. The standard InChI is InChI=1S/C15H22IN5O4/c16-9-6-8(3-4-12(9)22)7-11(14(24)25)21-13(23)10(17)2-1-5-20-15(18)19/h3-4,6,10-11,22H,1-2,5,7,17H2,(H,21,23)(H,24,25)(H4,18,19,20)/t10-,11-/m0/s1. The van der Waals surface area contributed by atoms with Gasteiger partial charge in [0.2, 0.25) is 5.91 Å². The molecule has 0 heterocycles. The number of phenolic OH excluding ortho intramolecular Hbond substituents is 1. The van der Waals surface area contributed by atoms with Gasteiger partial charge in [0.15, 0.2) is 5.96 Å². The van der Waals surface area contributed by atoms with Crippen LogP contribution in [0.5, 0.6) is 5.75 Å². The Kier molecular flexibility index (Phi) is 8.41. The lowest BCUT2D eigenvalue weighted by Gasteiger charge is -2.18. The van der Waals surface area contributed by atoms with E-state index in [4.69, 9.17) is 17.2 Å². The number of amides is 1. The van der Waals surface area contributed by atoms with Crippen molar-refractivity contribution in [2.24, 2.45) is 22.2 Å². The van der Waals surface area contributed by atoms with Gasteiger partial charge in [-0.05, 0) is 53.1 Å². The van der Waals surface area contributed by atoms with Gasteiger partial charge in [-0.25, -0.2) is 4.79 Å². The summed E-state index contributed by atoms with van der Waals surface area (Å²) in [7, 11) is 0. The largest absolute Gasteiger partial charge is 0.507 e. The minimum absolute atomic E-state index is 0.0347. The highest BCUT2D eigenvalue weighted by Crippen LogP contribution is 2.21. The number of hydrogen-bond acceptors (Lipinski definition) is 5. The average Bonchev–Trinajstić information content (AvgIpc) is 2.53. The molecule has 9 nitrogen and oxygen atoms in total. The summed E-state index contributed by atoms with van der Waals surface area (Å²) >= 11 is 1.94. The van der Waals surface area contributed by atoms with E-state index in [-0.39, 0.29) is 18.1 Å². The summed E-state index contributed by atoms with van der Waals surface area (Å²) in [6.07, 6.45) is 0.907. The molecule has 1 rings (SSSR count). The lowest BCUT2D eigenvalue weighted by atomic mass is 10.0. The van der Waals surface area contributed by atoms with Crippen molar-refractivity contribution in [1.82, 2.24) is 5.32 Å². The second-order valence-corrected chi connectivity index (χ2v) is 6.61. The van der Waals surface area contributed by atoms with Gasteiger partial charge in [-0.15, -0.1) is 0 Å². The molecule has 0 radical (unpaired) electrons. The number of aromatic hydroxyl groups is 1. The molecular formula is C15H22IN5O4. The van der Waals surface area contributed by atoms with Crippen LogP contribution in [-0.2, 0) is 16.0 Å². The first kappa shape index (κ1) is 21.0. The van der Waals surface area contributed by atoms with Gasteiger partial charge >= 0.3 is 5.97 Å². The second-order valence-electron chi connectivity index (χ2n) is 5.44. The number of rotatable bonds is 9. The number of halogens is 1. The molecule has 1 amide bonds. The summed E-state index contributed by atoms with van der Waals surface area (Å²) in [5.41, 5.74) is 16.8. The number of nitrogens with zero attached hydrogens (tertiary/aromatic N) is 1. The number of aliphatic carboxylic acids is 1. The van der Waals surface area contributed by atoms with Gasteiger partial charge in [0.05, 0.1) is 9.61 Å². The van der Waals surface area contributed by atoms with E-state index in [1.54, 1.807) is 12.1 Å². The zero-order valence-electron chi connectivity index (χ0n) is 13.5. The number of carboxylic acid groups (broad SMARTS) is 1. The highest BCUT2D eigenvalue weighted by atomic mass is 127. The van der Waals surface area contributed by atoms with Gasteiger partial charge in [0, 0.05) is 13.0 Å². The van der Waals surface area contributed by atoms with Crippen molar-refractivity contribution in [3.05, 3.63) is 27.3 Å². The van der Waals surface area contributed by atoms with Crippen LogP contribution in [0.1, 0.15) is 18.4 Å². The van der Waals surface area contributed by atoms with Crippen LogP contribution in [0.4, 0.5) is 0 Å². The van der Waals surface area contributed by atoms with E-state index in [0.717, 1.165) is 0 Å². The van der Waals surface area contributed by atoms with Crippen molar-refractivity contribution in [3.8, 4) is 5.75 Å². The van der Waals surface area contributed by atoms with E-state index in [0.29, 0.717) is 28.5 Å².